The molecule has 2 atom stereocenters. The standard InChI is InChI=1S/C13H18BrNO4/c1-2-5-15(6-9-3-4-12(14)19-9)11-8-18-7-10(11)13(16)17/h3-4,10-11H,2,5-8H2,1H3,(H,16,17). The summed E-state index contributed by atoms with van der Waals surface area (Å²) in [4.78, 5) is 13.4. The maximum atomic E-state index is 11.2. The highest BCUT2D eigenvalue weighted by atomic mass is 79.9. The average Bonchev–Trinajstić information content (AvgIpc) is 2.97. The zero-order valence-electron chi connectivity index (χ0n) is 10.8. The molecular weight excluding hydrogens is 314 g/mol. The van der Waals surface area contributed by atoms with Crippen molar-refractivity contribution in [2.24, 2.45) is 5.92 Å². The Kier molecular flexibility index (Phi) is 5.01. The van der Waals surface area contributed by atoms with E-state index in [1.54, 1.807) is 0 Å². The molecule has 0 radical (unpaired) electrons. The van der Waals surface area contributed by atoms with Crippen LogP contribution in [0.25, 0.3) is 0 Å². The zero-order valence-corrected chi connectivity index (χ0v) is 12.4. The lowest BCUT2D eigenvalue weighted by Gasteiger charge is -2.29. The number of furan rings is 1. The largest absolute Gasteiger partial charge is 0.481 e. The Bertz CT molecular complexity index is 434. The van der Waals surface area contributed by atoms with E-state index < -0.39 is 11.9 Å². The van der Waals surface area contributed by atoms with Gasteiger partial charge in [-0.1, -0.05) is 6.92 Å². The summed E-state index contributed by atoms with van der Waals surface area (Å²) in [6.45, 7) is 4.28. The van der Waals surface area contributed by atoms with Crippen molar-refractivity contribution in [3.63, 3.8) is 0 Å². The Morgan fingerprint density at radius 1 is 1.53 bits per heavy atom. The zero-order chi connectivity index (χ0) is 13.8. The summed E-state index contributed by atoms with van der Waals surface area (Å²) in [6.07, 6.45) is 0.963. The number of carbonyl (C=O) groups is 1. The Balaban J connectivity index is 2.08. The predicted molar refractivity (Wildman–Crippen MR) is 72.8 cm³/mol. The molecule has 0 aliphatic carbocycles. The maximum Gasteiger partial charge on any atom is 0.310 e. The summed E-state index contributed by atoms with van der Waals surface area (Å²) in [5.74, 6) is -0.412. The first kappa shape index (κ1) is 14.6. The van der Waals surface area contributed by atoms with Crippen molar-refractivity contribution in [3.8, 4) is 0 Å². The predicted octanol–water partition coefficient (Wildman–Crippen LogP) is 2.35. The van der Waals surface area contributed by atoms with Crippen LogP contribution in [0.2, 0.25) is 0 Å². The number of ether oxygens (including phenoxy) is 1. The highest BCUT2D eigenvalue weighted by Gasteiger charge is 2.37. The molecular formula is C13H18BrNO4. The van der Waals surface area contributed by atoms with Crippen LogP contribution < -0.4 is 0 Å². The minimum Gasteiger partial charge on any atom is -0.481 e. The summed E-state index contributed by atoms with van der Waals surface area (Å²) in [5.41, 5.74) is 0. The number of nitrogens with zero attached hydrogens (tertiary/aromatic N) is 1. The molecule has 1 saturated heterocycles. The van der Waals surface area contributed by atoms with E-state index in [2.05, 4.69) is 27.8 Å². The molecule has 1 aliphatic rings. The van der Waals surface area contributed by atoms with Gasteiger partial charge in [-0.25, -0.2) is 0 Å². The number of halogens is 1. The number of carboxylic acid groups (broad SMARTS) is 1. The Morgan fingerprint density at radius 2 is 2.32 bits per heavy atom. The van der Waals surface area contributed by atoms with Gasteiger partial charge in [-0.15, -0.1) is 0 Å². The molecule has 0 saturated carbocycles. The fraction of sp³-hybridized carbons (Fsp3) is 0.615. The fourth-order valence-electron chi connectivity index (χ4n) is 2.42. The highest BCUT2D eigenvalue weighted by molar-refractivity contribution is 9.10. The van der Waals surface area contributed by atoms with Gasteiger partial charge in [0.05, 0.1) is 25.7 Å². The van der Waals surface area contributed by atoms with Crippen LogP contribution in [0, 0.1) is 5.92 Å². The first-order valence-electron chi connectivity index (χ1n) is 6.40. The van der Waals surface area contributed by atoms with Crippen molar-refractivity contribution in [3.05, 3.63) is 22.6 Å². The molecule has 2 heterocycles. The van der Waals surface area contributed by atoms with E-state index >= 15 is 0 Å². The number of hydrogen-bond donors (Lipinski definition) is 1. The molecule has 0 spiro atoms. The lowest BCUT2D eigenvalue weighted by atomic mass is 10.0. The Hall–Kier alpha value is -0.850. The molecule has 6 heteroatoms. The van der Waals surface area contributed by atoms with E-state index in [0.717, 1.165) is 18.7 Å². The van der Waals surface area contributed by atoms with Gasteiger partial charge < -0.3 is 14.3 Å². The van der Waals surface area contributed by atoms with Gasteiger partial charge in [-0.3, -0.25) is 9.69 Å². The monoisotopic (exact) mass is 331 g/mol. The van der Waals surface area contributed by atoms with Crippen LogP contribution in [-0.4, -0.2) is 41.8 Å². The molecule has 1 aromatic heterocycles. The number of carboxylic acids is 1. The summed E-state index contributed by atoms with van der Waals surface area (Å²) < 4.78 is 11.5. The van der Waals surface area contributed by atoms with Crippen LogP contribution in [-0.2, 0) is 16.1 Å². The summed E-state index contributed by atoms with van der Waals surface area (Å²) in [6, 6.07) is 3.67. The minimum atomic E-state index is -0.788. The van der Waals surface area contributed by atoms with Crippen molar-refractivity contribution < 1.29 is 19.1 Å². The molecule has 19 heavy (non-hydrogen) atoms. The number of aliphatic carboxylic acids is 1. The second-order valence-corrected chi connectivity index (χ2v) is 5.51. The number of hydrogen-bond acceptors (Lipinski definition) is 4. The lowest BCUT2D eigenvalue weighted by molar-refractivity contribution is -0.143. The molecule has 1 N–H and O–H groups in total. The first-order chi connectivity index (χ1) is 9.11. The molecule has 2 unspecified atom stereocenters. The summed E-state index contributed by atoms with van der Waals surface area (Å²) in [5, 5.41) is 9.23. The van der Waals surface area contributed by atoms with Crippen LogP contribution in [0.1, 0.15) is 19.1 Å². The molecule has 0 amide bonds. The van der Waals surface area contributed by atoms with Crippen LogP contribution in [0.15, 0.2) is 21.2 Å². The van der Waals surface area contributed by atoms with Gasteiger partial charge in [0.1, 0.15) is 5.76 Å². The van der Waals surface area contributed by atoms with Gasteiger partial charge in [-0.05, 0) is 41.0 Å². The molecule has 1 fully saturated rings. The molecule has 0 aromatic carbocycles. The average molecular weight is 332 g/mol. The second kappa shape index (κ2) is 6.54. The third kappa shape index (κ3) is 3.58. The maximum absolute atomic E-state index is 11.2. The minimum absolute atomic E-state index is 0.0821. The quantitative estimate of drug-likeness (QED) is 0.866. The highest BCUT2D eigenvalue weighted by Crippen LogP contribution is 2.23. The van der Waals surface area contributed by atoms with E-state index in [-0.39, 0.29) is 6.04 Å². The van der Waals surface area contributed by atoms with Gasteiger partial charge in [0, 0.05) is 6.04 Å². The van der Waals surface area contributed by atoms with Crippen molar-refractivity contribution in [1.29, 1.82) is 0 Å². The van der Waals surface area contributed by atoms with Crippen LogP contribution >= 0.6 is 15.9 Å². The van der Waals surface area contributed by atoms with E-state index in [9.17, 15) is 9.90 Å². The van der Waals surface area contributed by atoms with Crippen molar-refractivity contribution in [2.45, 2.75) is 25.9 Å². The van der Waals surface area contributed by atoms with Crippen molar-refractivity contribution in [2.75, 3.05) is 19.8 Å². The summed E-state index contributed by atoms with van der Waals surface area (Å²) >= 11 is 3.28. The Morgan fingerprint density at radius 3 is 2.89 bits per heavy atom. The first-order valence-corrected chi connectivity index (χ1v) is 7.20. The molecule has 1 aromatic rings. The molecule has 2 rings (SSSR count). The van der Waals surface area contributed by atoms with Crippen LogP contribution in [0.5, 0.6) is 0 Å². The third-order valence-electron chi connectivity index (χ3n) is 3.34. The Labute approximate surface area is 120 Å². The molecule has 1 aliphatic heterocycles. The topological polar surface area (TPSA) is 62.9 Å². The lowest BCUT2D eigenvalue weighted by Crippen LogP contribution is -2.43. The van der Waals surface area contributed by atoms with Gasteiger partial charge in [0.15, 0.2) is 4.67 Å². The van der Waals surface area contributed by atoms with Gasteiger partial charge in [-0.2, -0.15) is 0 Å². The van der Waals surface area contributed by atoms with Crippen molar-refractivity contribution in [1.82, 2.24) is 4.90 Å². The van der Waals surface area contributed by atoms with E-state index in [0.29, 0.717) is 24.4 Å². The van der Waals surface area contributed by atoms with E-state index in [1.165, 1.54) is 0 Å². The SMILES string of the molecule is CCCN(Cc1ccc(Br)o1)C1COCC1C(=O)O. The van der Waals surface area contributed by atoms with Crippen LogP contribution in [0.4, 0.5) is 0 Å². The third-order valence-corrected chi connectivity index (χ3v) is 3.76. The second-order valence-electron chi connectivity index (χ2n) is 4.73. The van der Waals surface area contributed by atoms with Gasteiger partial charge in [0.25, 0.3) is 0 Å². The fourth-order valence-corrected chi connectivity index (χ4v) is 2.77. The summed E-state index contributed by atoms with van der Waals surface area (Å²) in [7, 11) is 0. The molecule has 0 bridgehead atoms. The van der Waals surface area contributed by atoms with Crippen LogP contribution in [0.3, 0.4) is 0 Å². The van der Waals surface area contributed by atoms with E-state index in [4.69, 9.17) is 9.15 Å². The van der Waals surface area contributed by atoms with E-state index in [1.807, 2.05) is 12.1 Å². The smallest absolute Gasteiger partial charge is 0.310 e. The molecule has 5 nitrogen and oxygen atoms in total. The normalized spacial score (nSPS) is 23.1. The van der Waals surface area contributed by atoms with Gasteiger partial charge >= 0.3 is 5.97 Å². The van der Waals surface area contributed by atoms with Crippen molar-refractivity contribution >= 4 is 21.9 Å². The number of rotatable bonds is 6. The molecule has 106 valence electrons. The van der Waals surface area contributed by atoms with Gasteiger partial charge in [0.2, 0.25) is 0 Å².